The first-order valence-electron chi connectivity index (χ1n) is 5.09. The second-order valence-electron chi connectivity index (χ2n) is 3.46. The molecule has 0 N–H and O–H groups in total. The van der Waals surface area contributed by atoms with E-state index in [1.807, 2.05) is 12.1 Å². The molecule has 0 radical (unpaired) electrons. The van der Waals surface area contributed by atoms with E-state index in [0.29, 0.717) is 29.7 Å². The fourth-order valence-electron chi connectivity index (χ4n) is 1.35. The van der Waals surface area contributed by atoms with Crippen LogP contribution in [0.3, 0.4) is 0 Å². The van der Waals surface area contributed by atoms with Gasteiger partial charge in [-0.3, -0.25) is 0 Å². The summed E-state index contributed by atoms with van der Waals surface area (Å²) in [5.74, 6) is 1.38. The minimum Gasteiger partial charge on any atom is -0.487 e. The lowest BCUT2D eigenvalue weighted by Gasteiger charge is -2.03. The number of methoxy groups -OCH3 is 1. The highest BCUT2D eigenvalue weighted by molar-refractivity contribution is 6.30. The maximum Gasteiger partial charge on any atom is 0.162 e. The van der Waals surface area contributed by atoms with Crippen LogP contribution in [0.5, 0.6) is 5.75 Å². The highest BCUT2D eigenvalue weighted by atomic mass is 35.5. The van der Waals surface area contributed by atoms with Crippen LogP contribution in [0.25, 0.3) is 0 Å². The average Bonchev–Trinajstić information content (AvgIpc) is 2.75. The molecule has 2 aromatic rings. The summed E-state index contributed by atoms with van der Waals surface area (Å²) >= 11 is 5.84. The van der Waals surface area contributed by atoms with Crippen LogP contribution in [0.2, 0.25) is 5.02 Å². The molecule has 0 aliphatic rings. The summed E-state index contributed by atoms with van der Waals surface area (Å²) in [6.07, 6.45) is 0. The normalized spacial score (nSPS) is 10.5. The monoisotopic (exact) mass is 253 g/mol. The van der Waals surface area contributed by atoms with Crippen molar-refractivity contribution in [1.82, 2.24) is 5.16 Å². The van der Waals surface area contributed by atoms with E-state index in [4.69, 9.17) is 25.6 Å². The van der Waals surface area contributed by atoms with Crippen LogP contribution in [0.1, 0.15) is 11.5 Å². The molecule has 1 aromatic heterocycles. The van der Waals surface area contributed by atoms with Crippen molar-refractivity contribution < 1.29 is 14.0 Å². The van der Waals surface area contributed by atoms with Crippen molar-refractivity contribution in [1.29, 1.82) is 0 Å². The van der Waals surface area contributed by atoms with Gasteiger partial charge in [-0.1, -0.05) is 22.8 Å². The third-order valence-electron chi connectivity index (χ3n) is 2.08. The molecule has 1 aromatic carbocycles. The molecule has 0 aliphatic carbocycles. The third-order valence-corrected chi connectivity index (χ3v) is 2.31. The summed E-state index contributed by atoms with van der Waals surface area (Å²) in [5.41, 5.74) is 0.719. The maximum absolute atomic E-state index is 5.84. The molecule has 0 fully saturated rings. The highest BCUT2D eigenvalue weighted by Gasteiger charge is 2.04. The van der Waals surface area contributed by atoms with Crippen LogP contribution >= 0.6 is 11.6 Å². The van der Waals surface area contributed by atoms with Gasteiger partial charge in [-0.15, -0.1) is 0 Å². The Morgan fingerprint density at radius 1 is 1.29 bits per heavy atom. The van der Waals surface area contributed by atoms with Gasteiger partial charge in [-0.05, 0) is 18.2 Å². The number of nitrogens with zero attached hydrogens (tertiary/aromatic N) is 1. The van der Waals surface area contributed by atoms with E-state index >= 15 is 0 Å². The molecule has 0 spiro atoms. The molecule has 1 heterocycles. The number of halogens is 1. The Labute approximate surface area is 104 Å². The first kappa shape index (κ1) is 12.0. The van der Waals surface area contributed by atoms with Crippen LogP contribution in [0, 0.1) is 0 Å². The van der Waals surface area contributed by atoms with E-state index in [1.54, 1.807) is 25.3 Å². The quantitative estimate of drug-likeness (QED) is 0.822. The van der Waals surface area contributed by atoms with Gasteiger partial charge in [0.05, 0.1) is 0 Å². The Hall–Kier alpha value is -1.52. The van der Waals surface area contributed by atoms with Gasteiger partial charge in [0, 0.05) is 18.2 Å². The van der Waals surface area contributed by atoms with E-state index in [-0.39, 0.29) is 0 Å². The van der Waals surface area contributed by atoms with Crippen molar-refractivity contribution in [3.63, 3.8) is 0 Å². The van der Waals surface area contributed by atoms with Gasteiger partial charge >= 0.3 is 0 Å². The van der Waals surface area contributed by atoms with Crippen molar-refractivity contribution in [2.45, 2.75) is 13.2 Å². The Morgan fingerprint density at radius 2 is 2.18 bits per heavy atom. The Balaban J connectivity index is 1.93. The van der Waals surface area contributed by atoms with Crippen molar-refractivity contribution in [2.75, 3.05) is 7.11 Å². The first-order chi connectivity index (χ1) is 8.28. The summed E-state index contributed by atoms with van der Waals surface area (Å²) < 4.78 is 15.5. The summed E-state index contributed by atoms with van der Waals surface area (Å²) in [4.78, 5) is 0. The zero-order valence-corrected chi connectivity index (χ0v) is 10.1. The molecule has 0 saturated carbocycles. The van der Waals surface area contributed by atoms with Crippen molar-refractivity contribution in [3.8, 4) is 5.75 Å². The van der Waals surface area contributed by atoms with Gasteiger partial charge in [0.2, 0.25) is 0 Å². The predicted octanol–water partition coefficient (Wildman–Crippen LogP) is 3.05. The Morgan fingerprint density at radius 3 is 2.94 bits per heavy atom. The first-order valence-corrected chi connectivity index (χ1v) is 5.47. The second-order valence-corrected chi connectivity index (χ2v) is 3.90. The summed E-state index contributed by atoms with van der Waals surface area (Å²) in [7, 11) is 1.60. The van der Waals surface area contributed by atoms with Crippen LogP contribution in [0.4, 0.5) is 0 Å². The number of rotatable bonds is 5. The van der Waals surface area contributed by atoms with E-state index in [0.717, 1.165) is 5.69 Å². The van der Waals surface area contributed by atoms with Gasteiger partial charge in [-0.25, -0.2) is 0 Å². The summed E-state index contributed by atoms with van der Waals surface area (Å²) in [6.45, 7) is 0.748. The minimum absolute atomic E-state index is 0.341. The van der Waals surface area contributed by atoms with Gasteiger partial charge in [0.1, 0.15) is 24.7 Å². The molecule has 0 bridgehead atoms. The van der Waals surface area contributed by atoms with Crippen LogP contribution < -0.4 is 4.74 Å². The van der Waals surface area contributed by atoms with Crippen LogP contribution in [0.15, 0.2) is 34.9 Å². The van der Waals surface area contributed by atoms with Crippen molar-refractivity contribution >= 4 is 11.6 Å². The number of hydrogen-bond acceptors (Lipinski definition) is 4. The molecule has 5 heteroatoms. The fourth-order valence-corrected chi connectivity index (χ4v) is 1.53. The Kier molecular flexibility index (Phi) is 4.01. The molecular formula is C12H12ClNO3. The molecule has 0 saturated heterocycles. The van der Waals surface area contributed by atoms with Gasteiger partial charge < -0.3 is 14.0 Å². The van der Waals surface area contributed by atoms with E-state index < -0.39 is 0 Å². The fraction of sp³-hybridized carbons (Fsp3) is 0.250. The topological polar surface area (TPSA) is 44.5 Å². The summed E-state index contributed by atoms with van der Waals surface area (Å²) in [5, 5.41) is 4.50. The average molecular weight is 254 g/mol. The standard InChI is InChI=1S/C12H12ClNO3/c1-15-8-12-6-10(14-17-12)7-16-11-4-2-3-9(13)5-11/h2-6H,7-8H2,1H3. The lowest BCUT2D eigenvalue weighted by Crippen LogP contribution is -1.95. The van der Waals surface area contributed by atoms with Crippen molar-refractivity contribution in [2.24, 2.45) is 0 Å². The van der Waals surface area contributed by atoms with E-state index in [9.17, 15) is 0 Å². The lowest BCUT2D eigenvalue weighted by molar-refractivity contribution is 0.155. The number of benzene rings is 1. The number of hydrogen-bond donors (Lipinski definition) is 0. The minimum atomic E-state index is 0.341. The predicted molar refractivity (Wildman–Crippen MR) is 63.0 cm³/mol. The Bertz CT molecular complexity index is 484. The zero-order valence-electron chi connectivity index (χ0n) is 9.35. The maximum atomic E-state index is 5.84. The van der Waals surface area contributed by atoms with Gasteiger partial charge in [0.15, 0.2) is 5.76 Å². The van der Waals surface area contributed by atoms with Crippen molar-refractivity contribution in [3.05, 3.63) is 46.8 Å². The SMILES string of the molecule is COCc1cc(COc2cccc(Cl)c2)no1. The summed E-state index contributed by atoms with van der Waals surface area (Å²) in [6, 6.07) is 9.01. The van der Waals surface area contributed by atoms with E-state index in [2.05, 4.69) is 5.16 Å². The molecule has 2 rings (SSSR count). The lowest BCUT2D eigenvalue weighted by atomic mass is 10.3. The van der Waals surface area contributed by atoms with Crippen LogP contribution in [-0.4, -0.2) is 12.3 Å². The molecule has 0 aliphatic heterocycles. The molecule has 0 atom stereocenters. The van der Waals surface area contributed by atoms with Gasteiger partial charge in [-0.2, -0.15) is 0 Å². The molecular weight excluding hydrogens is 242 g/mol. The molecule has 0 amide bonds. The smallest absolute Gasteiger partial charge is 0.162 e. The second kappa shape index (κ2) is 5.70. The van der Waals surface area contributed by atoms with Crippen LogP contribution in [-0.2, 0) is 18.0 Å². The molecule has 90 valence electrons. The number of aromatic nitrogens is 1. The largest absolute Gasteiger partial charge is 0.487 e. The van der Waals surface area contributed by atoms with Gasteiger partial charge in [0.25, 0.3) is 0 Å². The molecule has 0 unspecified atom stereocenters. The number of ether oxygens (including phenoxy) is 2. The third kappa shape index (κ3) is 3.47. The molecule has 17 heavy (non-hydrogen) atoms. The highest BCUT2D eigenvalue weighted by Crippen LogP contribution is 2.18. The molecule has 4 nitrogen and oxygen atoms in total. The zero-order chi connectivity index (χ0) is 12.1. The van der Waals surface area contributed by atoms with E-state index in [1.165, 1.54) is 0 Å².